The first-order valence-corrected chi connectivity index (χ1v) is 9.37. The van der Waals surface area contributed by atoms with Crippen LogP contribution in [0.4, 0.5) is 5.69 Å². The summed E-state index contributed by atoms with van der Waals surface area (Å²) in [5, 5.41) is 0. The molecule has 2 aromatic rings. The second-order valence-electron chi connectivity index (χ2n) is 6.81. The smallest absolute Gasteiger partial charge is 0.270 e. The molecule has 1 aromatic heterocycles. The molecule has 142 valence electrons. The number of benzene rings is 1. The minimum absolute atomic E-state index is 0.0121. The number of aromatic amines is 1. The molecule has 0 atom stereocenters. The number of aromatic nitrogens is 1. The van der Waals surface area contributed by atoms with E-state index in [1.54, 1.807) is 17.2 Å². The van der Waals surface area contributed by atoms with Gasteiger partial charge in [0.1, 0.15) is 5.69 Å². The van der Waals surface area contributed by atoms with Gasteiger partial charge in [-0.05, 0) is 36.4 Å². The van der Waals surface area contributed by atoms with Gasteiger partial charge in [-0.2, -0.15) is 0 Å². The zero-order valence-corrected chi connectivity index (χ0v) is 15.3. The molecule has 0 saturated carbocycles. The Morgan fingerprint density at radius 3 is 2.04 bits per heavy atom. The van der Waals surface area contributed by atoms with Gasteiger partial charge in [-0.3, -0.25) is 9.59 Å². The lowest BCUT2D eigenvalue weighted by atomic mass is 10.1. The predicted molar refractivity (Wildman–Crippen MR) is 102 cm³/mol. The van der Waals surface area contributed by atoms with Crippen LogP contribution in [0.1, 0.15) is 20.8 Å². The fourth-order valence-electron chi connectivity index (χ4n) is 3.57. The van der Waals surface area contributed by atoms with E-state index in [1.807, 2.05) is 35.2 Å². The first-order valence-electron chi connectivity index (χ1n) is 9.37. The van der Waals surface area contributed by atoms with Crippen molar-refractivity contribution in [2.45, 2.75) is 0 Å². The number of ether oxygens (including phenoxy) is 1. The van der Waals surface area contributed by atoms with Crippen molar-refractivity contribution in [1.29, 1.82) is 0 Å². The molecule has 7 heteroatoms. The van der Waals surface area contributed by atoms with Crippen molar-refractivity contribution in [1.82, 2.24) is 14.8 Å². The van der Waals surface area contributed by atoms with Crippen LogP contribution in [0, 0.1) is 0 Å². The molecule has 1 aromatic carbocycles. The van der Waals surface area contributed by atoms with Crippen LogP contribution in [0.2, 0.25) is 0 Å². The summed E-state index contributed by atoms with van der Waals surface area (Å²) in [6.07, 6.45) is 1.74. The number of H-pyrrole nitrogens is 1. The van der Waals surface area contributed by atoms with E-state index < -0.39 is 0 Å². The maximum atomic E-state index is 12.8. The number of carbonyl (C=O) groups excluding carboxylic acids is 2. The predicted octanol–water partition coefficient (Wildman–Crippen LogP) is 1.45. The van der Waals surface area contributed by atoms with E-state index in [0.717, 1.165) is 32.0 Å². The zero-order valence-electron chi connectivity index (χ0n) is 15.3. The highest BCUT2D eigenvalue weighted by atomic mass is 16.5. The molecule has 2 aliphatic rings. The molecule has 27 heavy (non-hydrogen) atoms. The number of carbonyl (C=O) groups is 2. The second kappa shape index (κ2) is 7.84. The SMILES string of the molecule is O=C(c1ccc(N2CCOCC2)cc1)N1CCN(C(=O)c2ccc[nH]2)CC1. The van der Waals surface area contributed by atoms with Gasteiger partial charge in [0.2, 0.25) is 0 Å². The molecule has 1 N–H and O–H groups in total. The highest BCUT2D eigenvalue weighted by Gasteiger charge is 2.26. The van der Waals surface area contributed by atoms with E-state index in [0.29, 0.717) is 37.4 Å². The van der Waals surface area contributed by atoms with Gasteiger partial charge in [0.15, 0.2) is 0 Å². The third-order valence-electron chi connectivity index (χ3n) is 5.17. The molecule has 0 aliphatic carbocycles. The van der Waals surface area contributed by atoms with Gasteiger partial charge >= 0.3 is 0 Å². The van der Waals surface area contributed by atoms with Gasteiger partial charge in [0, 0.05) is 56.7 Å². The van der Waals surface area contributed by atoms with Crippen molar-refractivity contribution in [2.75, 3.05) is 57.4 Å². The highest BCUT2D eigenvalue weighted by Crippen LogP contribution is 2.18. The fourth-order valence-corrected chi connectivity index (χ4v) is 3.57. The van der Waals surface area contributed by atoms with Crippen molar-refractivity contribution in [3.05, 3.63) is 53.9 Å². The van der Waals surface area contributed by atoms with Crippen LogP contribution < -0.4 is 4.90 Å². The number of hydrogen-bond acceptors (Lipinski definition) is 4. The number of anilines is 1. The van der Waals surface area contributed by atoms with Gasteiger partial charge in [0.05, 0.1) is 13.2 Å². The molecule has 0 spiro atoms. The van der Waals surface area contributed by atoms with Gasteiger partial charge in [-0.25, -0.2) is 0 Å². The fraction of sp³-hybridized carbons (Fsp3) is 0.400. The maximum Gasteiger partial charge on any atom is 0.270 e. The van der Waals surface area contributed by atoms with Crippen LogP contribution in [0.5, 0.6) is 0 Å². The van der Waals surface area contributed by atoms with E-state index in [1.165, 1.54) is 0 Å². The average Bonchev–Trinajstić information content (AvgIpc) is 3.28. The molecule has 4 rings (SSSR count). The Balaban J connectivity index is 1.34. The molecule has 0 bridgehead atoms. The van der Waals surface area contributed by atoms with E-state index in [4.69, 9.17) is 4.74 Å². The quantitative estimate of drug-likeness (QED) is 0.890. The summed E-state index contributed by atoms with van der Waals surface area (Å²) < 4.78 is 5.38. The molecular formula is C20H24N4O3. The first kappa shape index (κ1) is 17.6. The van der Waals surface area contributed by atoms with Crippen LogP contribution in [0.3, 0.4) is 0 Å². The largest absolute Gasteiger partial charge is 0.378 e. The summed E-state index contributed by atoms with van der Waals surface area (Å²) >= 11 is 0. The van der Waals surface area contributed by atoms with Gasteiger partial charge in [-0.1, -0.05) is 0 Å². The number of nitrogens with one attached hydrogen (secondary N) is 1. The molecule has 3 heterocycles. The van der Waals surface area contributed by atoms with Crippen molar-refractivity contribution < 1.29 is 14.3 Å². The summed E-state index contributed by atoms with van der Waals surface area (Å²) in [4.78, 5) is 34.0. The maximum absolute atomic E-state index is 12.8. The monoisotopic (exact) mass is 368 g/mol. The standard InChI is InChI=1S/C20H24N4O3/c25-19(16-3-5-17(6-4-16)22-12-14-27-15-13-22)23-8-10-24(11-9-23)20(26)18-2-1-7-21-18/h1-7,21H,8-15H2. The number of amides is 2. The van der Waals surface area contributed by atoms with Crippen molar-refractivity contribution in [3.63, 3.8) is 0 Å². The Kier molecular flexibility index (Phi) is 5.11. The van der Waals surface area contributed by atoms with Crippen LogP contribution in [-0.2, 0) is 4.74 Å². The highest BCUT2D eigenvalue weighted by molar-refractivity contribution is 5.95. The van der Waals surface area contributed by atoms with E-state index >= 15 is 0 Å². The van der Waals surface area contributed by atoms with Crippen molar-refractivity contribution >= 4 is 17.5 Å². The Labute approximate surface area is 158 Å². The van der Waals surface area contributed by atoms with Gasteiger partial charge in [0.25, 0.3) is 11.8 Å². The number of rotatable bonds is 3. The summed E-state index contributed by atoms with van der Waals surface area (Å²) in [5.41, 5.74) is 2.40. The lowest BCUT2D eigenvalue weighted by Gasteiger charge is -2.34. The number of hydrogen-bond donors (Lipinski definition) is 1. The van der Waals surface area contributed by atoms with Crippen LogP contribution in [-0.4, -0.2) is 79.1 Å². The van der Waals surface area contributed by atoms with E-state index in [9.17, 15) is 9.59 Å². The van der Waals surface area contributed by atoms with Gasteiger partial charge in [-0.15, -0.1) is 0 Å². The third-order valence-corrected chi connectivity index (χ3v) is 5.17. The summed E-state index contributed by atoms with van der Waals surface area (Å²) in [5.74, 6) is 0.0115. The van der Waals surface area contributed by atoms with Crippen LogP contribution >= 0.6 is 0 Å². The van der Waals surface area contributed by atoms with Crippen molar-refractivity contribution in [2.24, 2.45) is 0 Å². The number of piperazine rings is 1. The lowest BCUT2D eigenvalue weighted by molar-refractivity contribution is 0.0532. The normalized spacial score (nSPS) is 17.9. The zero-order chi connectivity index (χ0) is 18.6. The topological polar surface area (TPSA) is 68.9 Å². The summed E-state index contributed by atoms with van der Waals surface area (Å²) in [6.45, 7) is 5.45. The van der Waals surface area contributed by atoms with Gasteiger partial charge < -0.3 is 24.4 Å². The molecular weight excluding hydrogens is 344 g/mol. The van der Waals surface area contributed by atoms with E-state index in [-0.39, 0.29) is 11.8 Å². The Hall–Kier alpha value is -2.80. The molecule has 0 unspecified atom stereocenters. The Morgan fingerprint density at radius 2 is 1.44 bits per heavy atom. The third kappa shape index (κ3) is 3.83. The summed E-state index contributed by atoms with van der Waals surface area (Å²) in [6, 6.07) is 11.4. The minimum Gasteiger partial charge on any atom is -0.378 e. The second-order valence-corrected chi connectivity index (χ2v) is 6.81. The average molecular weight is 368 g/mol. The molecule has 2 fully saturated rings. The number of nitrogens with zero attached hydrogens (tertiary/aromatic N) is 3. The number of morpholine rings is 1. The first-order chi connectivity index (χ1) is 13.2. The molecule has 2 amide bonds. The summed E-state index contributed by atoms with van der Waals surface area (Å²) in [7, 11) is 0. The van der Waals surface area contributed by atoms with E-state index in [2.05, 4.69) is 9.88 Å². The van der Waals surface area contributed by atoms with Crippen LogP contribution in [0.15, 0.2) is 42.6 Å². The molecule has 0 radical (unpaired) electrons. The molecule has 7 nitrogen and oxygen atoms in total. The molecule has 2 saturated heterocycles. The van der Waals surface area contributed by atoms with Crippen LogP contribution in [0.25, 0.3) is 0 Å². The Morgan fingerprint density at radius 1 is 0.815 bits per heavy atom. The van der Waals surface area contributed by atoms with Crippen molar-refractivity contribution in [3.8, 4) is 0 Å². The Bertz CT molecular complexity index is 774. The molecule has 2 aliphatic heterocycles. The lowest BCUT2D eigenvalue weighted by Crippen LogP contribution is -2.50. The minimum atomic E-state index is -0.0121.